The predicted octanol–water partition coefficient (Wildman–Crippen LogP) is 3.05. The maximum atomic E-state index is 9.21. The Balaban J connectivity index is 2.83. The Labute approximate surface area is 103 Å². The van der Waals surface area contributed by atoms with Gasteiger partial charge in [-0.05, 0) is 30.0 Å². The summed E-state index contributed by atoms with van der Waals surface area (Å²) >= 11 is 1.55. The second kappa shape index (κ2) is 4.29. The topological polar surface area (TPSA) is 73.6 Å². The van der Waals surface area contributed by atoms with Crippen molar-refractivity contribution in [2.45, 2.75) is 6.92 Å². The fourth-order valence-electron chi connectivity index (χ4n) is 1.78. The van der Waals surface area contributed by atoms with Crippen LogP contribution in [0, 0.1) is 29.6 Å². The van der Waals surface area contributed by atoms with E-state index >= 15 is 0 Å². The molecule has 0 aliphatic rings. The van der Waals surface area contributed by atoms with Crippen molar-refractivity contribution >= 4 is 17.0 Å². The van der Waals surface area contributed by atoms with E-state index in [9.17, 15) is 5.26 Å². The summed E-state index contributed by atoms with van der Waals surface area (Å²) in [5.74, 6) is 0. The average Bonchev–Trinajstić information content (AvgIpc) is 2.84. The zero-order chi connectivity index (χ0) is 12.4. The Morgan fingerprint density at radius 2 is 2.06 bits per heavy atom. The molecule has 0 unspecified atom stereocenters. The van der Waals surface area contributed by atoms with E-state index in [1.807, 2.05) is 30.5 Å². The van der Waals surface area contributed by atoms with Crippen LogP contribution in [0.5, 0.6) is 0 Å². The van der Waals surface area contributed by atoms with Gasteiger partial charge in [0.25, 0.3) is 0 Å². The van der Waals surface area contributed by atoms with Crippen molar-refractivity contribution in [1.82, 2.24) is 0 Å². The molecule has 0 bridgehead atoms. The number of hydrogen-bond donors (Lipinski definition) is 1. The smallest absolute Gasteiger partial charge is 0.102 e. The normalized spacial score (nSPS) is 9.59. The SMILES string of the molecule is Cc1cc(C#N)c(N)c(C#N)c1-c1cccs1. The van der Waals surface area contributed by atoms with Gasteiger partial charge in [0.05, 0.1) is 16.8 Å². The third kappa shape index (κ3) is 1.75. The number of nitrogens with two attached hydrogens (primary N) is 1. The molecule has 2 N–H and O–H groups in total. The van der Waals surface area contributed by atoms with Crippen molar-refractivity contribution in [3.05, 3.63) is 40.3 Å². The molecule has 0 spiro atoms. The molecule has 0 fully saturated rings. The molecule has 4 heteroatoms. The number of rotatable bonds is 1. The maximum Gasteiger partial charge on any atom is 0.102 e. The lowest BCUT2D eigenvalue weighted by molar-refractivity contribution is 1.39. The van der Waals surface area contributed by atoms with Crippen LogP contribution in [0.15, 0.2) is 23.6 Å². The second-order valence-corrected chi connectivity index (χ2v) is 4.55. The molecule has 17 heavy (non-hydrogen) atoms. The highest BCUT2D eigenvalue weighted by Crippen LogP contribution is 2.35. The van der Waals surface area contributed by atoms with E-state index < -0.39 is 0 Å². The molecule has 2 rings (SSSR count). The lowest BCUT2D eigenvalue weighted by atomic mass is 9.96. The highest BCUT2D eigenvalue weighted by atomic mass is 32.1. The third-order valence-corrected chi connectivity index (χ3v) is 3.45. The standard InChI is InChI=1S/C13H9N3S/c1-8-5-9(6-14)13(16)10(7-15)12(8)11-3-2-4-17-11/h2-5H,16H2,1H3. The van der Waals surface area contributed by atoms with Crippen LogP contribution in [0.3, 0.4) is 0 Å². The van der Waals surface area contributed by atoms with E-state index in [1.54, 1.807) is 17.4 Å². The molecule has 1 heterocycles. The van der Waals surface area contributed by atoms with E-state index in [2.05, 4.69) is 6.07 Å². The van der Waals surface area contributed by atoms with Crippen LogP contribution in [0.25, 0.3) is 10.4 Å². The first kappa shape index (κ1) is 11.2. The molecular formula is C13H9N3S. The Morgan fingerprint density at radius 1 is 1.29 bits per heavy atom. The minimum Gasteiger partial charge on any atom is -0.397 e. The highest BCUT2D eigenvalue weighted by Gasteiger charge is 2.15. The van der Waals surface area contributed by atoms with Crippen LogP contribution in [-0.2, 0) is 0 Å². The Kier molecular flexibility index (Phi) is 2.82. The molecule has 0 atom stereocenters. The number of anilines is 1. The molecule has 0 aliphatic carbocycles. The number of hydrogen-bond acceptors (Lipinski definition) is 4. The van der Waals surface area contributed by atoms with Crippen molar-refractivity contribution in [3.63, 3.8) is 0 Å². The lowest BCUT2D eigenvalue weighted by Crippen LogP contribution is -1.99. The summed E-state index contributed by atoms with van der Waals surface area (Å²) in [5.41, 5.74) is 8.59. The molecule has 2 aromatic rings. The molecule has 0 amide bonds. The molecule has 3 nitrogen and oxygen atoms in total. The molecule has 82 valence electrons. The van der Waals surface area contributed by atoms with E-state index in [0.29, 0.717) is 11.1 Å². The largest absolute Gasteiger partial charge is 0.397 e. The van der Waals surface area contributed by atoms with E-state index in [-0.39, 0.29) is 5.69 Å². The van der Waals surface area contributed by atoms with Gasteiger partial charge in [-0.1, -0.05) is 6.07 Å². The van der Waals surface area contributed by atoms with Crippen molar-refractivity contribution in [2.24, 2.45) is 0 Å². The second-order valence-electron chi connectivity index (χ2n) is 3.61. The summed E-state index contributed by atoms with van der Waals surface area (Å²) < 4.78 is 0. The molecule has 1 aromatic carbocycles. The van der Waals surface area contributed by atoms with Gasteiger partial charge in [-0.3, -0.25) is 0 Å². The fourth-order valence-corrected chi connectivity index (χ4v) is 2.62. The van der Waals surface area contributed by atoms with E-state index in [4.69, 9.17) is 11.0 Å². The summed E-state index contributed by atoms with van der Waals surface area (Å²) in [5, 5.41) is 20.1. The first-order valence-corrected chi connectivity index (χ1v) is 5.84. The van der Waals surface area contributed by atoms with Gasteiger partial charge < -0.3 is 5.73 Å². The quantitative estimate of drug-likeness (QED) is 0.777. The number of aryl methyl sites for hydroxylation is 1. The van der Waals surface area contributed by atoms with Crippen LogP contribution in [0.4, 0.5) is 5.69 Å². The molecule has 1 aromatic heterocycles. The van der Waals surface area contributed by atoms with E-state index in [0.717, 1.165) is 16.0 Å². The van der Waals surface area contributed by atoms with Gasteiger partial charge >= 0.3 is 0 Å². The van der Waals surface area contributed by atoms with Crippen LogP contribution in [-0.4, -0.2) is 0 Å². The van der Waals surface area contributed by atoms with Crippen LogP contribution >= 0.6 is 11.3 Å². The van der Waals surface area contributed by atoms with Crippen LogP contribution in [0.2, 0.25) is 0 Å². The number of nitrogen functional groups attached to an aromatic ring is 1. The van der Waals surface area contributed by atoms with Gasteiger partial charge in [-0.2, -0.15) is 10.5 Å². The Hall–Kier alpha value is -2.30. The van der Waals surface area contributed by atoms with Gasteiger partial charge in [-0.25, -0.2) is 0 Å². The summed E-state index contributed by atoms with van der Waals surface area (Å²) in [6.45, 7) is 1.89. The number of nitriles is 2. The molecule has 0 saturated heterocycles. The lowest BCUT2D eigenvalue weighted by Gasteiger charge is -2.10. The molecule has 0 aliphatic heterocycles. The predicted molar refractivity (Wildman–Crippen MR) is 68.3 cm³/mol. The van der Waals surface area contributed by atoms with Gasteiger partial charge in [0.1, 0.15) is 12.1 Å². The van der Waals surface area contributed by atoms with E-state index in [1.165, 1.54) is 0 Å². The zero-order valence-corrected chi connectivity index (χ0v) is 10.0. The average molecular weight is 239 g/mol. The molecule has 0 saturated carbocycles. The number of thiophene rings is 1. The van der Waals surface area contributed by atoms with Gasteiger partial charge in [0.15, 0.2) is 0 Å². The fraction of sp³-hybridized carbons (Fsp3) is 0.0769. The first-order valence-electron chi connectivity index (χ1n) is 4.96. The van der Waals surface area contributed by atoms with Crippen molar-refractivity contribution in [2.75, 3.05) is 5.73 Å². The summed E-state index contributed by atoms with van der Waals surface area (Å²) in [7, 11) is 0. The minimum atomic E-state index is 0.268. The zero-order valence-electron chi connectivity index (χ0n) is 9.19. The summed E-state index contributed by atoms with van der Waals surface area (Å²) in [6, 6.07) is 9.71. The first-order chi connectivity index (χ1) is 8.19. The number of benzene rings is 1. The van der Waals surface area contributed by atoms with Crippen molar-refractivity contribution < 1.29 is 0 Å². The van der Waals surface area contributed by atoms with Crippen LogP contribution < -0.4 is 5.73 Å². The third-order valence-electron chi connectivity index (χ3n) is 2.56. The minimum absolute atomic E-state index is 0.268. The molecular weight excluding hydrogens is 230 g/mol. The van der Waals surface area contributed by atoms with Crippen LogP contribution in [0.1, 0.15) is 16.7 Å². The van der Waals surface area contributed by atoms with Gasteiger partial charge in [0, 0.05) is 10.4 Å². The van der Waals surface area contributed by atoms with Gasteiger partial charge in [0.2, 0.25) is 0 Å². The number of nitrogens with zero attached hydrogens (tertiary/aromatic N) is 2. The van der Waals surface area contributed by atoms with Crippen molar-refractivity contribution in [1.29, 1.82) is 10.5 Å². The summed E-state index contributed by atoms with van der Waals surface area (Å²) in [6.07, 6.45) is 0. The van der Waals surface area contributed by atoms with Gasteiger partial charge in [-0.15, -0.1) is 11.3 Å². The molecule has 0 radical (unpaired) electrons. The maximum absolute atomic E-state index is 9.21. The van der Waals surface area contributed by atoms with Crippen molar-refractivity contribution in [3.8, 4) is 22.6 Å². The Morgan fingerprint density at radius 3 is 2.59 bits per heavy atom. The Bertz CT molecular complexity index is 643. The monoisotopic (exact) mass is 239 g/mol. The summed E-state index contributed by atoms with van der Waals surface area (Å²) in [4.78, 5) is 0.996. The highest BCUT2D eigenvalue weighted by molar-refractivity contribution is 7.13.